The summed E-state index contributed by atoms with van der Waals surface area (Å²) in [7, 11) is 0. The van der Waals surface area contributed by atoms with E-state index in [1.807, 2.05) is 12.1 Å². The lowest BCUT2D eigenvalue weighted by atomic mass is 10.2. The lowest BCUT2D eigenvalue weighted by molar-refractivity contribution is 0.580. The summed E-state index contributed by atoms with van der Waals surface area (Å²) in [5.41, 5.74) is 1.45. The number of fused-ring (bicyclic) bond motifs is 1. The number of hydrogen-bond acceptors (Lipinski definition) is 3. The van der Waals surface area contributed by atoms with Gasteiger partial charge in [0.05, 0.1) is 6.26 Å². The molecule has 3 rings (SSSR count). The third kappa shape index (κ3) is 1.30. The van der Waals surface area contributed by atoms with Gasteiger partial charge in [-0.3, -0.25) is 0 Å². The van der Waals surface area contributed by atoms with E-state index in [9.17, 15) is 0 Å². The van der Waals surface area contributed by atoms with Crippen LogP contribution in [-0.4, -0.2) is 15.0 Å². The second-order valence-corrected chi connectivity index (χ2v) is 3.49. The molecular formula is C10H6ClN3O. The molecule has 0 unspecified atom stereocenters. The summed E-state index contributed by atoms with van der Waals surface area (Å²) >= 11 is 5.86. The fraction of sp³-hybridized carbons (Fsp3) is 0. The lowest BCUT2D eigenvalue weighted by Gasteiger charge is -1.96. The molecule has 1 N–H and O–H groups in total. The topological polar surface area (TPSA) is 54.7 Å². The van der Waals surface area contributed by atoms with Gasteiger partial charge in [0, 0.05) is 5.39 Å². The molecule has 0 saturated carbocycles. The van der Waals surface area contributed by atoms with E-state index in [0.29, 0.717) is 16.6 Å². The summed E-state index contributed by atoms with van der Waals surface area (Å²) in [6, 6.07) is 5.45. The summed E-state index contributed by atoms with van der Waals surface area (Å²) in [6.45, 7) is 0. The van der Waals surface area contributed by atoms with Gasteiger partial charge < -0.3 is 9.40 Å². The molecule has 0 atom stereocenters. The van der Waals surface area contributed by atoms with E-state index in [-0.39, 0.29) is 0 Å². The second-order valence-electron chi connectivity index (χ2n) is 3.08. The van der Waals surface area contributed by atoms with Crippen LogP contribution in [0.2, 0.25) is 5.15 Å². The zero-order valence-electron chi connectivity index (χ0n) is 7.57. The van der Waals surface area contributed by atoms with Crippen molar-refractivity contribution in [3.05, 3.63) is 35.9 Å². The first-order chi connectivity index (χ1) is 7.34. The predicted molar refractivity (Wildman–Crippen MR) is 56.6 cm³/mol. The molecule has 0 aliphatic heterocycles. The molecule has 0 aliphatic carbocycles. The van der Waals surface area contributed by atoms with Crippen molar-refractivity contribution in [1.82, 2.24) is 15.0 Å². The lowest BCUT2D eigenvalue weighted by Crippen LogP contribution is -1.84. The number of halogens is 1. The van der Waals surface area contributed by atoms with Crippen LogP contribution in [-0.2, 0) is 0 Å². The van der Waals surface area contributed by atoms with Crippen molar-refractivity contribution in [3.63, 3.8) is 0 Å². The Morgan fingerprint density at radius 2 is 2.27 bits per heavy atom. The minimum absolute atomic E-state index is 0.540. The molecule has 3 aromatic rings. The van der Waals surface area contributed by atoms with Crippen molar-refractivity contribution < 1.29 is 4.42 Å². The van der Waals surface area contributed by atoms with Crippen LogP contribution in [0.25, 0.3) is 22.5 Å². The van der Waals surface area contributed by atoms with Crippen LogP contribution in [0.3, 0.4) is 0 Å². The Bertz CT molecular complexity index is 600. The normalized spacial score (nSPS) is 11.0. The Labute approximate surface area is 89.9 Å². The molecule has 4 nitrogen and oxygen atoms in total. The summed E-state index contributed by atoms with van der Waals surface area (Å²) in [5, 5.41) is 1.40. The molecule has 0 bridgehead atoms. The molecule has 0 aliphatic rings. The number of nitrogens with one attached hydrogen (secondary N) is 1. The molecule has 0 fully saturated rings. The zero-order valence-corrected chi connectivity index (χ0v) is 8.32. The van der Waals surface area contributed by atoms with Crippen LogP contribution >= 0.6 is 11.6 Å². The van der Waals surface area contributed by atoms with Gasteiger partial charge in [-0.05, 0) is 18.2 Å². The number of nitrogens with zero attached hydrogens (tertiary/aromatic N) is 2. The van der Waals surface area contributed by atoms with Crippen molar-refractivity contribution in [3.8, 4) is 11.5 Å². The monoisotopic (exact) mass is 219 g/mol. The third-order valence-corrected chi connectivity index (χ3v) is 2.35. The number of rotatable bonds is 1. The van der Waals surface area contributed by atoms with Crippen molar-refractivity contribution >= 4 is 22.6 Å². The summed E-state index contributed by atoms with van der Waals surface area (Å²) < 4.78 is 5.29. The maximum atomic E-state index is 5.86. The maximum Gasteiger partial charge on any atom is 0.153 e. The highest BCUT2D eigenvalue weighted by Gasteiger charge is 2.10. The van der Waals surface area contributed by atoms with Gasteiger partial charge in [-0.1, -0.05) is 11.6 Å². The highest BCUT2D eigenvalue weighted by Crippen LogP contribution is 2.27. The number of H-pyrrole nitrogens is 1. The van der Waals surface area contributed by atoms with Gasteiger partial charge in [0.15, 0.2) is 5.76 Å². The number of aromatic nitrogens is 3. The van der Waals surface area contributed by atoms with E-state index in [1.54, 1.807) is 12.3 Å². The van der Waals surface area contributed by atoms with E-state index >= 15 is 0 Å². The van der Waals surface area contributed by atoms with Crippen LogP contribution in [0.4, 0.5) is 0 Å². The van der Waals surface area contributed by atoms with Crippen LogP contribution in [0.1, 0.15) is 0 Å². The standard InChI is InChI=1S/C10H6ClN3O/c11-8-4-6-9(7-2-1-3-15-7)12-5-13-10(6)14-8/h1-5H,(H,12,13,14). The summed E-state index contributed by atoms with van der Waals surface area (Å²) in [4.78, 5) is 11.2. The third-order valence-electron chi connectivity index (χ3n) is 2.15. The van der Waals surface area contributed by atoms with Gasteiger partial charge in [-0.25, -0.2) is 9.97 Å². The van der Waals surface area contributed by atoms with Crippen LogP contribution in [0.15, 0.2) is 35.2 Å². The molecule has 15 heavy (non-hydrogen) atoms. The Kier molecular flexibility index (Phi) is 1.76. The smallest absolute Gasteiger partial charge is 0.153 e. The Morgan fingerprint density at radius 3 is 3.07 bits per heavy atom. The fourth-order valence-electron chi connectivity index (χ4n) is 1.52. The largest absolute Gasteiger partial charge is 0.463 e. The number of furan rings is 1. The van der Waals surface area contributed by atoms with Crippen molar-refractivity contribution in [2.45, 2.75) is 0 Å². The number of hydrogen-bond donors (Lipinski definition) is 1. The first-order valence-corrected chi connectivity index (χ1v) is 4.75. The average Bonchev–Trinajstić information content (AvgIpc) is 2.82. The maximum absolute atomic E-state index is 5.86. The van der Waals surface area contributed by atoms with Gasteiger partial charge in [-0.2, -0.15) is 0 Å². The molecule has 0 amide bonds. The van der Waals surface area contributed by atoms with Crippen LogP contribution in [0.5, 0.6) is 0 Å². The SMILES string of the molecule is Clc1cc2c(-c3ccco3)ncnc2[nH]1. The quantitative estimate of drug-likeness (QED) is 0.685. The highest BCUT2D eigenvalue weighted by atomic mass is 35.5. The van der Waals surface area contributed by atoms with Crippen LogP contribution < -0.4 is 0 Å². The summed E-state index contributed by atoms with van der Waals surface area (Å²) in [5.74, 6) is 0.707. The van der Waals surface area contributed by atoms with Gasteiger partial charge >= 0.3 is 0 Å². The Morgan fingerprint density at radius 1 is 1.33 bits per heavy atom. The van der Waals surface area contributed by atoms with Gasteiger partial charge in [0.25, 0.3) is 0 Å². The predicted octanol–water partition coefficient (Wildman–Crippen LogP) is 2.87. The molecule has 0 radical (unpaired) electrons. The van der Waals surface area contributed by atoms with E-state index in [2.05, 4.69) is 15.0 Å². The van der Waals surface area contributed by atoms with Crippen molar-refractivity contribution in [2.75, 3.05) is 0 Å². The Hall–Kier alpha value is -1.81. The van der Waals surface area contributed by atoms with E-state index in [0.717, 1.165) is 11.1 Å². The second kappa shape index (κ2) is 3.10. The molecular weight excluding hydrogens is 214 g/mol. The van der Waals surface area contributed by atoms with E-state index < -0.39 is 0 Å². The molecule has 3 aromatic heterocycles. The van der Waals surface area contributed by atoms with E-state index in [1.165, 1.54) is 6.33 Å². The average molecular weight is 220 g/mol. The first kappa shape index (κ1) is 8.49. The van der Waals surface area contributed by atoms with Crippen molar-refractivity contribution in [2.24, 2.45) is 0 Å². The van der Waals surface area contributed by atoms with Gasteiger partial charge in [0.1, 0.15) is 22.8 Å². The number of aromatic amines is 1. The van der Waals surface area contributed by atoms with E-state index in [4.69, 9.17) is 16.0 Å². The molecule has 0 aromatic carbocycles. The van der Waals surface area contributed by atoms with Crippen molar-refractivity contribution in [1.29, 1.82) is 0 Å². The van der Waals surface area contributed by atoms with Gasteiger partial charge in [0.2, 0.25) is 0 Å². The minimum Gasteiger partial charge on any atom is -0.463 e. The zero-order chi connectivity index (χ0) is 10.3. The molecule has 0 saturated heterocycles. The summed E-state index contributed by atoms with van der Waals surface area (Å²) in [6.07, 6.45) is 3.09. The van der Waals surface area contributed by atoms with Crippen LogP contribution in [0, 0.1) is 0 Å². The minimum atomic E-state index is 0.540. The highest BCUT2D eigenvalue weighted by molar-refractivity contribution is 6.30. The molecule has 0 spiro atoms. The fourth-order valence-corrected chi connectivity index (χ4v) is 1.72. The molecule has 5 heteroatoms. The molecule has 3 heterocycles. The Balaban J connectivity index is 2.35. The first-order valence-electron chi connectivity index (χ1n) is 4.38. The van der Waals surface area contributed by atoms with Gasteiger partial charge in [-0.15, -0.1) is 0 Å². The molecule has 74 valence electrons.